The minimum atomic E-state index is 0.0716. The lowest BCUT2D eigenvalue weighted by molar-refractivity contribution is -0.924. The van der Waals surface area contributed by atoms with Crippen molar-refractivity contribution in [2.24, 2.45) is 0 Å². The maximum Gasteiger partial charge on any atom is 0.290 e. The highest BCUT2D eigenvalue weighted by molar-refractivity contribution is 6.30. The van der Waals surface area contributed by atoms with E-state index in [9.17, 15) is 4.79 Å². The third kappa shape index (κ3) is 2.13. The van der Waals surface area contributed by atoms with Crippen LogP contribution in [0.4, 0.5) is 5.69 Å². The summed E-state index contributed by atoms with van der Waals surface area (Å²) in [7, 11) is 0. The molecule has 4 rings (SSSR count). The molecule has 0 aromatic heterocycles. The predicted molar refractivity (Wildman–Crippen MR) is 87.0 cm³/mol. The zero-order chi connectivity index (χ0) is 15.1. The van der Waals surface area contributed by atoms with Gasteiger partial charge in [-0.1, -0.05) is 41.9 Å². The molecule has 0 saturated carbocycles. The molecule has 22 heavy (non-hydrogen) atoms. The summed E-state index contributed by atoms with van der Waals surface area (Å²) in [5.41, 5.74) is 2.13. The number of benzene rings is 2. The third-order valence-electron chi connectivity index (χ3n) is 4.77. The van der Waals surface area contributed by atoms with Crippen LogP contribution in [0.3, 0.4) is 0 Å². The average molecular weight is 314 g/mol. The fourth-order valence-corrected chi connectivity index (χ4v) is 3.94. The van der Waals surface area contributed by atoms with Gasteiger partial charge in [-0.05, 0) is 24.3 Å². The van der Waals surface area contributed by atoms with Gasteiger partial charge in [0.1, 0.15) is 0 Å². The van der Waals surface area contributed by atoms with Crippen molar-refractivity contribution in [3.63, 3.8) is 0 Å². The largest absolute Gasteiger partial charge is 0.301 e. The van der Waals surface area contributed by atoms with Gasteiger partial charge in [0.25, 0.3) is 5.91 Å². The molecule has 2 saturated heterocycles. The fourth-order valence-electron chi connectivity index (χ4n) is 3.82. The second kappa shape index (κ2) is 5.41. The normalized spacial score (nSPS) is 27.2. The van der Waals surface area contributed by atoms with Crippen LogP contribution in [-0.2, 0) is 4.79 Å². The van der Waals surface area contributed by atoms with Crippen molar-refractivity contribution in [2.45, 2.75) is 25.0 Å². The maximum atomic E-state index is 12.9. The Hall–Kier alpha value is -1.84. The van der Waals surface area contributed by atoms with E-state index in [1.807, 2.05) is 47.4 Å². The molecule has 4 heteroatoms. The van der Waals surface area contributed by atoms with Crippen LogP contribution in [0.15, 0.2) is 54.6 Å². The minimum absolute atomic E-state index is 0.0716. The highest BCUT2D eigenvalue weighted by Crippen LogP contribution is 2.31. The van der Waals surface area contributed by atoms with Gasteiger partial charge in [-0.3, -0.25) is 9.69 Å². The van der Waals surface area contributed by atoms with Crippen LogP contribution in [0.2, 0.25) is 5.02 Å². The van der Waals surface area contributed by atoms with Crippen LogP contribution < -0.4 is 9.80 Å². The molecule has 0 radical (unpaired) electrons. The lowest BCUT2D eigenvalue weighted by Gasteiger charge is -2.26. The average Bonchev–Trinajstić information content (AvgIpc) is 3.12. The number of nitrogens with one attached hydrogen (secondary N) is 1. The van der Waals surface area contributed by atoms with Gasteiger partial charge in [-0.15, -0.1) is 0 Å². The van der Waals surface area contributed by atoms with E-state index in [1.165, 1.54) is 10.5 Å². The quantitative estimate of drug-likeness (QED) is 0.905. The fraction of sp³-hybridized carbons (Fsp3) is 0.278. The standard InChI is InChI=1S/C18H17ClN2O/c19-14-8-10-15(11-9-14)21-17(13-5-2-1-3-6-13)20-12-4-7-16(20)18(21)22/h1-3,5-6,8-11,16-17H,4,7,12H2/p+1. The number of nitrogens with zero attached hydrogens (tertiary/aromatic N) is 1. The summed E-state index contributed by atoms with van der Waals surface area (Å²) < 4.78 is 0. The molecule has 2 aliphatic heterocycles. The van der Waals surface area contributed by atoms with Crippen LogP contribution in [0.5, 0.6) is 0 Å². The number of carbonyl (C=O) groups excluding carboxylic acids is 1. The van der Waals surface area contributed by atoms with E-state index < -0.39 is 0 Å². The summed E-state index contributed by atoms with van der Waals surface area (Å²) in [5, 5.41) is 0.694. The van der Waals surface area contributed by atoms with Crippen molar-refractivity contribution in [1.29, 1.82) is 0 Å². The molecule has 2 fully saturated rings. The van der Waals surface area contributed by atoms with Crippen LogP contribution in [0.1, 0.15) is 24.6 Å². The first-order chi connectivity index (χ1) is 10.8. The monoisotopic (exact) mass is 313 g/mol. The summed E-state index contributed by atoms with van der Waals surface area (Å²) in [6, 6.07) is 18.0. The molecule has 2 heterocycles. The molecule has 3 atom stereocenters. The van der Waals surface area contributed by atoms with Gasteiger partial charge in [0.15, 0.2) is 12.2 Å². The summed E-state index contributed by atoms with van der Waals surface area (Å²) >= 11 is 6.00. The zero-order valence-corrected chi connectivity index (χ0v) is 13.0. The number of hydrogen-bond acceptors (Lipinski definition) is 1. The van der Waals surface area contributed by atoms with Crippen LogP contribution in [0, 0.1) is 0 Å². The van der Waals surface area contributed by atoms with Gasteiger partial charge in [-0.25, -0.2) is 0 Å². The van der Waals surface area contributed by atoms with Crippen molar-refractivity contribution in [3.8, 4) is 0 Å². The molecule has 0 bridgehead atoms. The van der Waals surface area contributed by atoms with E-state index in [2.05, 4.69) is 12.1 Å². The number of rotatable bonds is 2. The molecular formula is C18H18ClN2O+. The molecular weight excluding hydrogens is 296 g/mol. The van der Waals surface area contributed by atoms with Crippen molar-refractivity contribution in [3.05, 3.63) is 65.2 Å². The lowest BCUT2D eigenvalue weighted by atomic mass is 10.1. The SMILES string of the molecule is O=C1C2CCC[NH+]2C(c2ccccc2)N1c1ccc(Cl)cc1. The number of quaternary nitrogens is 1. The van der Waals surface area contributed by atoms with E-state index in [0.29, 0.717) is 5.02 Å². The first kappa shape index (κ1) is 13.8. The predicted octanol–water partition coefficient (Wildman–Crippen LogP) is 2.43. The third-order valence-corrected chi connectivity index (χ3v) is 5.02. The summed E-state index contributed by atoms with van der Waals surface area (Å²) in [6.07, 6.45) is 2.19. The first-order valence-corrected chi connectivity index (χ1v) is 8.13. The molecule has 1 N–H and O–H groups in total. The Morgan fingerprint density at radius 1 is 1.05 bits per heavy atom. The minimum Gasteiger partial charge on any atom is -0.301 e. The number of amides is 1. The molecule has 0 spiro atoms. The van der Waals surface area contributed by atoms with Gasteiger partial charge in [-0.2, -0.15) is 0 Å². The van der Waals surface area contributed by atoms with E-state index >= 15 is 0 Å². The number of fused-ring (bicyclic) bond motifs is 1. The van der Waals surface area contributed by atoms with Gasteiger partial charge >= 0.3 is 0 Å². The molecule has 112 valence electrons. The topological polar surface area (TPSA) is 24.8 Å². The number of halogens is 1. The van der Waals surface area contributed by atoms with Gasteiger partial charge < -0.3 is 4.90 Å². The maximum absolute atomic E-state index is 12.9. The van der Waals surface area contributed by atoms with E-state index in [0.717, 1.165) is 25.1 Å². The molecule has 1 amide bonds. The molecule has 3 unspecified atom stereocenters. The Kier molecular flexibility index (Phi) is 3.40. The van der Waals surface area contributed by atoms with Crippen LogP contribution in [-0.4, -0.2) is 18.5 Å². The second-order valence-electron chi connectivity index (χ2n) is 6.02. The Labute approximate surface area is 135 Å². The lowest BCUT2D eigenvalue weighted by Crippen LogP contribution is -3.12. The number of anilines is 1. The second-order valence-corrected chi connectivity index (χ2v) is 6.45. The van der Waals surface area contributed by atoms with Gasteiger partial charge in [0.05, 0.1) is 12.2 Å². The Balaban J connectivity index is 1.80. The Bertz CT molecular complexity index is 686. The van der Waals surface area contributed by atoms with E-state index in [-0.39, 0.29) is 18.1 Å². The summed E-state index contributed by atoms with van der Waals surface area (Å²) in [4.78, 5) is 16.3. The van der Waals surface area contributed by atoms with Gasteiger partial charge in [0, 0.05) is 23.4 Å². The zero-order valence-electron chi connectivity index (χ0n) is 12.2. The number of carbonyl (C=O) groups is 1. The highest BCUT2D eigenvalue weighted by Gasteiger charge is 2.53. The molecule has 2 aromatic carbocycles. The summed E-state index contributed by atoms with van der Waals surface area (Å²) in [6.45, 7) is 1.06. The van der Waals surface area contributed by atoms with E-state index in [4.69, 9.17) is 11.6 Å². The smallest absolute Gasteiger partial charge is 0.290 e. The first-order valence-electron chi connectivity index (χ1n) is 7.75. The van der Waals surface area contributed by atoms with Crippen molar-refractivity contribution >= 4 is 23.2 Å². The molecule has 2 aliphatic rings. The van der Waals surface area contributed by atoms with Crippen LogP contribution in [0.25, 0.3) is 0 Å². The number of hydrogen-bond donors (Lipinski definition) is 1. The Morgan fingerprint density at radius 3 is 2.50 bits per heavy atom. The van der Waals surface area contributed by atoms with E-state index in [1.54, 1.807) is 0 Å². The molecule has 3 nitrogen and oxygen atoms in total. The van der Waals surface area contributed by atoms with Crippen molar-refractivity contribution in [2.75, 3.05) is 11.4 Å². The van der Waals surface area contributed by atoms with Crippen LogP contribution >= 0.6 is 11.6 Å². The van der Waals surface area contributed by atoms with Crippen molar-refractivity contribution in [1.82, 2.24) is 0 Å². The molecule has 2 aromatic rings. The van der Waals surface area contributed by atoms with Crippen molar-refractivity contribution < 1.29 is 9.69 Å². The highest BCUT2D eigenvalue weighted by atomic mass is 35.5. The molecule has 0 aliphatic carbocycles. The van der Waals surface area contributed by atoms with Gasteiger partial charge in [0.2, 0.25) is 0 Å². The Morgan fingerprint density at radius 2 is 1.77 bits per heavy atom. The summed E-state index contributed by atoms with van der Waals surface area (Å²) in [5.74, 6) is 0.240.